The Morgan fingerprint density at radius 3 is 3.00 bits per heavy atom. The third-order valence-corrected chi connectivity index (χ3v) is 2.97. The molecule has 1 aromatic heterocycles. The fourth-order valence-corrected chi connectivity index (χ4v) is 2.28. The Labute approximate surface area is 100 Å². The number of likely N-dealkylation sites (tertiary alicyclic amines) is 1. The van der Waals surface area contributed by atoms with Crippen molar-refractivity contribution in [1.29, 1.82) is 0 Å². The van der Waals surface area contributed by atoms with Crippen molar-refractivity contribution in [1.82, 2.24) is 9.88 Å². The third kappa shape index (κ3) is 2.55. The topological polar surface area (TPSA) is 79.5 Å². The molecule has 1 amide bonds. The first kappa shape index (κ1) is 11.9. The molecule has 0 aliphatic carbocycles. The van der Waals surface area contributed by atoms with Gasteiger partial charge in [0.1, 0.15) is 5.75 Å². The number of nitrogens with zero attached hydrogens (tertiary/aromatic N) is 2. The van der Waals surface area contributed by atoms with E-state index >= 15 is 0 Å². The number of nitrogens with two attached hydrogens (primary N) is 1. The van der Waals surface area contributed by atoms with E-state index in [0.717, 1.165) is 6.42 Å². The van der Waals surface area contributed by atoms with Gasteiger partial charge in [-0.1, -0.05) is 6.92 Å². The maximum absolute atomic E-state index is 12.2. The van der Waals surface area contributed by atoms with Gasteiger partial charge in [-0.3, -0.25) is 4.79 Å². The molecule has 5 nitrogen and oxygen atoms in total. The monoisotopic (exact) mass is 235 g/mol. The average molecular weight is 235 g/mol. The van der Waals surface area contributed by atoms with E-state index < -0.39 is 0 Å². The van der Waals surface area contributed by atoms with Crippen molar-refractivity contribution >= 4 is 5.91 Å². The molecule has 1 fully saturated rings. The molecule has 0 spiro atoms. The van der Waals surface area contributed by atoms with Crippen molar-refractivity contribution in [3.63, 3.8) is 0 Å². The Morgan fingerprint density at radius 2 is 2.35 bits per heavy atom. The predicted molar refractivity (Wildman–Crippen MR) is 63.6 cm³/mol. The fourth-order valence-electron chi connectivity index (χ4n) is 2.28. The molecule has 1 aliphatic heterocycles. The Hall–Kier alpha value is -1.62. The molecule has 3 N–H and O–H groups in total. The summed E-state index contributed by atoms with van der Waals surface area (Å²) < 4.78 is 0. The van der Waals surface area contributed by atoms with Crippen molar-refractivity contribution in [3.05, 3.63) is 24.0 Å². The van der Waals surface area contributed by atoms with Crippen LogP contribution in [-0.2, 0) is 0 Å². The van der Waals surface area contributed by atoms with Crippen LogP contribution in [0.15, 0.2) is 18.3 Å². The van der Waals surface area contributed by atoms with E-state index in [1.54, 1.807) is 11.0 Å². The zero-order chi connectivity index (χ0) is 12.4. The largest absolute Gasteiger partial charge is 0.505 e. The van der Waals surface area contributed by atoms with E-state index in [0.29, 0.717) is 19.0 Å². The Morgan fingerprint density at radius 1 is 1.59 bits per heavy atom. The van der Waals surface area contributed by atoms with Gasteiger partial charge >= 0.3 is 0 Å². The number of hydrogen-bond acceptors (Lipinski definition) is 4. The minimum absolute atomic E-state index is 0.00792. The molecule has 2 unspecified atom stereocenters. The molecule has 0 saturated carbocycles. The van der Waals surface area contributed by atoms with Gasteiger partial charge in [0.05, 0.1) is 0 Å². The normalized spacial score (nSPS) is 24.7. The number of carbonyl (C=O) groups is 1. The highest BCUT2D eigenvalue weighted by atomic mass is 16.3. The lowest BCUT2D eigenvalue weighted by Gasteiger charge is -2.34. The van der Waals surface area contributed by atoms with Crippen molar-refractivity contribution in [2.75, 3.05) is 13.1 Å². The Balaban J connectivity index is 2.17. The minimum Gasteiger partial charge on any atom is -0.505 e. The van der Waals surface area contributed by atoms with Crippen LogP contribution in [0.25, 0.3) is 0 Å². The van der Waals surface area contributed by atoms with Gasteiger partial charge in [-0.2, -0.15) is 0 Å². The smallest absolute Gasteiger partial charge is 0.276 e. The van der Waals surface area contributed by atoms with Gasteiger partial charge in [-0.15, -0.1) is 0 Å². The number of hydrogen-bond donors (Lipinski definition) is 2. The highest BCUT2D eigenvalue weighted by molar-refractivity contribution is 5.94. The summed E-state index contributed by atoms with van der Waals surface area (Å²) in [6.45, 7) is 3.26. The molecule has 0 aromatic carbocycles. The maximum Gasteiger partial charge on any atom is 0.276 e. The van der Waals surface area contributed by atoms with Crippen molar-refractivity contribution in [3.8, 4) is 5.75 Å². The minimum atomic E-state index is -0.245. The summed E-state index contributed by atoms with van der Waals surface area (Å²) in [4.78, 5) is 17.7. The number of amides is 1. The van der Waals surface area contributed by atoms with Crippen LogP contribution in [0.2, 0.25) is 0 Å². The van der Waals surface area contributed by atoms with E-state index in [-0.39, 0.29) is 23.4 Å². The molecule has 92 valence electrons. The van der Waals surface area contributed by atoms with Crippen LogP contribution >= 0.6 is 0 Å². The quantitative estimate of drug-likeness (QED) is 0.747. The second-order valence-corrected chi connectivity index (χ2v) is 4.68. The van der Waals surface area contributed by atoms with Gasteiger partial charge in [0.25, 0.3) is 5.91 Å². The van der Waals surface area contributed by atoms with E-state index in [2.05, 4.69) is 11.9 Å². The number of piperidine rings is 1. The second kappa shape index (κ2) is 4.71. The summed E-state index contributed by atoms with van der Waals surface area (Å²) in [5.41, 5.74) is 6.00. The predicted octanol–water partition coefficient (Wildman–Crippen LogP) is 0.596. The summed E-state index contributed by atoms with van der Waals surface area (Å²) >= 11 is 0. The molecular weight excluding hydrogens is 218 g/mol. The SMILES string of the molecule is CC1CC(N)CN(C(=O)c2ncccc2O)C1. The van der Waals surface area contributed by atoms with Gasteiger partial charge in [0.15, 0.2) is 5.69 Å². The lowest BCUT2D eigenvalue weighted by atomic mass is 9.96. The summed E-state index contributed by atoms with van der Waals surface area (Å²) in [6, 6.07) is 3.07. The molecule has 2 rings (SSSR count). The molecule has 0 bridgehead atoms. The van der Waals surface area contributed by atoms with Gasteiger partial charge in [0, 0.05) is 25.3 Å². The van der Waals surface area contributed by atoms with Gasteiger partial charge in [0.2, 0.25) is 0 Å². The van der Waals surface area contributed by atoms with Crippen LogP contribution in [-0.4, -0.2) is 40.0 Å². The van der Waals surface area contributed by atoms with Crippen molar-refractivity contribution in [2.45, 2.75) is 19.4 Å². The van der Waals surface area contributed by atoms with Crippen LogP contribution in [0.5, 0.6) is 5.75 Å². The average Bonchev–Trinajstić information content (AvgIpc) is 2.27. The Bertz CT molecular complexity index is 412. The van der Waals surface area contributed by atoms with Gasteiger partial charge < -0.3 is 15.7 Å². The molecule has 2 atom stereocenters. The summed E-state index contributed by atoms with van der Waals surface area (Å²) in [7, 11) is 0. The first-order valence-corrected chi connectivity index (χ1v) is 5.76. The molecule has 1 aromatic rings. The standard InChI is InChI=1S/C12H17N3O2/c1-8-5-9(13)7-15(6-8)12(17)11-10(16)3-2-4-14-11/h2-4,8-9,16H,5-7,13H2,1H3. The van der Waals surface area contributed by atoms with E-state index in [9.17, 15) is 9.90 Å². The maximum atomic E-state index is 12.2. The van der Waals surface area contributed by atoms with Crippen LogP contribution in [0.3, 0.4) is 0 Å². The van der Waals surface area contributed by atoms with Crippen molar-refractivity contribution < 1.29 is 9.90 Å². The summed E-state index contributed by atoms with van der Waals surface area (Å²) in [6.07, 6.45) is 2.43. The number of carbonyl (C=O) groups excluding carboxylic acids is 1. The van der Waals surface area contributed by atoms with E-state index in [4.69, 9.17) is 5.73 Å². The number of aromatic nitrogens is 1. The van der Waals surface area contributed by atoms with Gasteiger partial charge in [-0.25, -0.2) is 4.98 Å². The first-order chi connectivity index (χ1) is 8.08. The first-order valence-electron chi connectivity index (χ1n) is 5.76. The number of rotatable bonds is 1. The molecule has 1 aliphatic rings. The molecule has 17 heavy (non-hydrogen) atoms. The van der Waals surface area contributed by atoms with Crippen LogP contribution in [0.1, 0.15) is 23.8 Å². The lowest BCUT2D eigenvalue weighted by Crippen LogP contribution is -2.49. The Kier molecular flexibility index (Phi) is 3.28. The van der Waals surface area contributed by atoms with Crippen LogP contribution in [0, 0.1) is 5.92 Å². The fraction of sp³-hybridized carbons (Fsp3) is 0.500. The molecular formula is C12H17N3O2. The van der Waals surface area contributed by atoms with E-state index in [1.807, 2.05) is 0 Å². The highest BCUT2D eigenvalue weighted by Crippen LogP contribution is 2.20. The zero-order valence-corrected chi connectivity index (χ0v) is 9.84. The van der Waals surface area contributed by atoms with Crippen molar-refractivity contribution in [2.24, 2.45) is 11.7 Å². The lowest BCUT2D eigenvalue weighted by molar-refractivity contribution is 0.0651. The van der Waals surface area contributed by atoms with E-state index in [1.165, 1.54) is 12.3 Å². The van der Waals surface area contributed by atoms with Gasteiger partial charge in [-0.05, 0) is 24.5 Å². The molecule has 5 heteroatoms. The number of pyridine rings is 1. The molecule has 0 radical (unpaired) electrons. The zero-order valence-electron chi connectivity index (χ0n) is 9.84. The number of aromatic hydroxyl groups is 1. The van der Waals surface area contributed by atoms with Crippen LogP contribution in [0.4, 0.5) is 0 Å². The highest BCUT2D eigenvalue weighted by Gasteiger charge is 2.28. The third-order valence-electron chi connectivity index (χ3n) is 2.97. The summed E-state index contributed by atoms with van der Waals surface area (Å²) in [5.74, 6) is 0.0583. The summed E-state index contributed by atoms with van der Waals surface area (Å²) in [5, 5.41) is 9.60. The molecule has 2 heterocycles. The molecule has 1 saturated heterocycles. The second-order valence-electron chi connectivity index (χ2n) is 4.68. The van der Waals surface area contributed by atoms with Crippen LogP contribution < -0.4 is 5.73 Å².